The van der Waals surface area contributed by atoms with Crippen molar-refractivity contribution < 1.29 is 9.90 Å². The smallest absolute Gasteiger partial charge is 0.321 e. The first-order valence-electron chi connectivity index (χ1n) is 4.90. The van der Waals surface area contributed by atoms with Gasteiger partial charge in [-0.2, -0.15) is 0 Å². The second-order valence-corrected chi connectivity index (χ2v) is 3.56. The summed E-state index contributed by atoms with van der Waals surface area (Å²) in [5, 5.41) is 12.0. The van der Waals surface area contributed by atoms with Gasteiger partial charge in [-0.25, -0.2) is 4.79 Å². The van der Waals surface area contributed by atoms with Crippen LogP contribution < -0.4 is 5.32 Å². The Hall–Kier alpha value is -1.62. The van der Waals surface area contributed by atoms with E-state index in [9.17, 15) is 9.90 Å². The maximum Gasteiger partial charge on any atom is 0.321 e. The van der Waals surface area contributed by atoms with Gasteiger partial charge in [0.15, 0.2) is 0 Å². The normalized spacial score (nSPS) is 20.3. The highest BCUT2D eigenvalue weighted by Crippen LogP contribution is 2.11. The number of rotatable bonds is 1. The molecule has 1 aromatic rings. The molecular weight excluding hydrogens is 194 g/mol. The molecule has 15 heavy (non-hydrogen) atoms. The lowest BCUT2D eigenvalue weighted by atomic mass is 10.3. The number of aliphatic hydroxyl groups is 1. The zero-order valence-corrected chi connectivity index (χ0v) is 8.26. The molecule has 0 radical (unpaired) electrons. The summed E-state index contributed by atoms with van der Waals surface area (Å²) in [5.74, 6) is 0. The van der Waals surface area contributed by atoms with Crippen LogP contribution in [0.1, 0.15) is 6.42 Å². The number of urea groups is 1. The molecule has 2 amide bonds. The summed E-state index contributed by atoms with van der Waals surface area (Å²) in [6.45, 7) is 1.01. The molecule has 1 aliphatic rings. The van der Waals surface area contributed by atoms with Gasteiger partial charge < -0.3 is 15.3 Å². The third-order valence-corrected chi connectivity index (χ3v) is 2.36. The number of likely N-dealkylation sites (tertiary alicyclic amines) is 1. The summed E-state index contributed by atoms with van der Waals surface area (Å²) < 4.78 is 0. The summed E-state index contributed by atoms with van der Waals surface area (Å²) in [5.41, 5.74) is 0.670. The van der Waals surface area contributed by atoms with Gasteiger partial charge in [0.2, 0.25) is 0 Å². The van der Waals surface area contributed by atoms with Crippen molar-refractivity contribution in [1.82, 2.24) is 9.88 Å². The number of β-amino-alcohol motifs (C(OH)–C–C–N with tert-alkyl or cyclic N) is 1. The van der Waals surface area contributed by atoms with Gasteiger partial charge in [-0.15, -0.1) is 0 Å². The van der Waals surface area contributed by atoms with Gasteiger partial charge >= 0.3 is 6.03 Å². The number of aromatic nitrogens is 1. The second kappa shape index (κ2) is 4.27. The van der Waals surface area contributed by atoms with Crippen LogP contribution in [0.15, 0.2) is 24.5 Å². The van der Waals surface area contributed by atoms with Crippen LogP contribution in [0, 0.1) is 0 Å². The molecule has 0 aliphatic carbocycles. The Balaban J connectivity index is 1.93. The molecule has 0 spiro atoms. The van der Waals surface area contributed by atoms with Crippen LogP contribution >= 0.6 is 0 Å². The highest BCUT2D eigenvalue weighted by Gasteiger charge is 2.24. The lowest BCUT2D eigenvalue weighted by Crippen LogP contribution is -2.33. The molecular formula is C10H13N3O2. The number of aliphatic hydroxyl groups excluding tert-OH is 1. The number of carbonyl (C=O) groups excluding carboxylic acids is 1. The number of hydrogen-bond donors (Lipinski definition) is 2. The topological polar surface area (TPSA) is 65.5 Å². The van der Waals surface area contributed by atoms with Crippen molar-refractivity contribution >= 4 is 11.7 Å². The number of hydrogen-bond acceptors (Lipinski definition) is 3. The van der Waals surface area contributed by atoms with Crippen LogP contribution in [0.2, 0.25) is 0 Å². The van der Waals surface area contributed by atoms with Crippen molar-refractivity contribution in [2.24, 2.45) is 0 Å². The summed E-state index contributed by atoms with van der Waals surface area (Å²) >= 11 is 0. The fourth-order valence-corrected chi connectivity index (χ4v) is 1.57. The monoisotopic (exact) mass is 207 g/mol. The minimum atomic E-state index is -0.385. The first-order chi connectivity index (χ1) is 7.25. The molecule has 0 saturated carbocycles. The molecule has 1 fully saturated rings. The Morgan fingerprint density at radius 3 is 3.13 bits per heavy atom. The van der Waals surface area contributed by atoms with Gasteiger partial charge in [0, 0.05) is 19.3 Å². The van der Waals surface area contributed by atoms with Crippen LogP contribution in [0.25, 0.3) is 0 Å². The SMILES string of the molecule is O=C(Nc1cccnc1)N1CC[C@H](O)C1. The molecule has 0 aromatic carbocycles. The summed E-state index contributed by atoms with van der Waals surface area (Å²) in [6.07, 6.45) is 3.50. The van der Waals surface area contributed by atoms with Crippen molar-refractivity contribution in [3.05, 3.63) is 24.5 Å². The van der Waals surface area contributed by atoms with Crippen LogP contribution in [0.4, 0.5) is 10.5 Å². The number of pyridine rings is 1. The largest absolute Gasteiger partial charge is 0.391 e. The van der Waals surface area contributed by atoms with Crippen LogP contribution in [-0.2, 0) is 0 Å². The molecule has 5 nitrogen and oxygen atoms in total. The van der Waals surface area contributed by atoms with Crippen LogP contribution in [0.5, 0.6) is 0 Å². The van der Waals surface area contributed by atoms with Gasteiger partial charge in [-0.3, -0.25) is 4.98 Å². The Bertz CT molecular complexity index is 342. The van der Waals surface area contributed by atoms with Gasteiger partial charge in [0.25, 0.3) is 0 Å². The third-order valence-electron chi connectivity index (χ3n) is 2.36. The van der Waals surface area contributed by atoms with E-state index in [0.29, 0.717) is 25.2 Å². The van der Waals surface area contributed by atoms with E-state index in [2.05, 4.69) is 10.3 Å². The lowest BCUT2D eigenvalue weighted by molar-refractivity contribution is 0.176. The summed E-state index contributed by atoms with van der Waals surface area (Å²) in [7, 11) is 0. The summed E-state index contributed by atoms with van der Waals surface area (Å²) in [4.78, 5) is 17.1. The zero-order chi connectivity index (χ0) is 10.7. The number of amides is 2. The van der Waals surface area contributed by atoms with E-state index >= 15 is 0 Å². The number of nitrogens with one attached hydrogen (secondary N) is 1. The van der Waals surface area contributed by atoms with E-state index in [1.807, 2.05) is 0 Å². The van der Waals surface area contributed by atoms with Crippen LogP contribution in [-0.4, -0.2) is 40.2 Å². The zero-order valence-electron chi connectivity index (χ0n) is 8.26. The van der Waals surface area contributed by atoms with E-state index < -0.39 is 0 Å². The van der Waals surface area contributed by atoms with Crippen molar-refractivity contribution in [1.29, 1.82) is 0 Å². The molecule has 2 heterocycles. The molecule has 5 heteroatoms. The first-order valence-corrected chi connectivity index (χ1v) is 4.90. The minimum Gasteiger partial charge on any atom is -0.391 e. The molecule has 1 saturated heterocycles. The van der Waals surface area contributed by atoms with E-state index in [1.54, 1.807) is 29.4 Å². The maximum absolute atomic E-state index is 11.6. The van der Waals surface area contributed by atoms with Gasteiger partial charge in [0.1, 0.15) is 0 Å². The van der Waals surface area contributed by atoms with E-state index in [4.69, 9.17) is 0 Å². The van der Waals surface area contributed by atoms with Gasteiger partial charge in [-0.05, 0) is 18.6 Å². The maximum atomic E-state index is 11.6. The standard InChI is InChI=1S/C10H13N3O2/c14-9-3-5-13(7-9)10(15)12-8-2-1-4-11-6-8/h1-2,4,6,9,14H,3,5,7H2,(H,12,15)/t9-/m0/s1. The van der Waals surface area contributed by atoms with Crippen molar-refractivity contribution in [3.8, 4) is 0 Å². The number of anilines is 1. The Kier molecular flexibility index (Phi) is 2.82. The van der Waals surface area contributed by atoms with Crippen molar-refractivity contribution in [3.63, 3.8) is 0 Å². The number of carbonyl (C=O) groups is 1. The Morgan fingerprint density at radius 2 is 2.53 bits per heavy atom. The van der Waals surface area contributed by atoms with Crippen molar-refractivity contribution in [2.75, 3.05) is 18.4 Å². The van der Waals surface area contributed by atoms with Crippen molar-refractivity contribution in [2.45, 2.75) is 12.5 Å². The predicted molar refractivity (Wildman–Crippen MR) is 55.5 cm³/mol. The highest BCUT2D eigenvalue weighted by atomic mass is 16.3. The fraction of sp³-hybridized carbons (Fsp3) is 0.400. The van der Waals surface area contributed by atoms with E-state index in [1.165, 1.54) is 0 Å². The molecule has 0 bridgehead atoms. The third kappa shape index (κ3) is 2.44. The lowest BCUT2D eigenvalue weighted by Gasteiger charge is -2.15. The highest BCUT2D eigenvalue weighted by molar-refractivity contribution is 5.89. The van der Waals surface area contributed by atoms with E-state index in [0.717, 1.165) is 0 Å². The second-order valence-electron chi connectivity index (χ2n) is 3.56. The van der Waals surface area contributed by atoms with E-state index in [-0.39, 0.29) is 12.1 Å². The first kappa shape index (κ1) is 9.92. The molecule has 0 unspecified atom stereocenters. The minimum absolute atomic E-state index is 0.181. The van der Waals surface area contributed by atoms with Gasteiger partial charge in [-0.1, -0.05) is 0 Å². The molecule has 1 aromatic heterocycles. The molecule has 1 aliphatic heterocycles. The Labute approximate surface area is 87.7 Å². The average molecular weight is 207 g/mol. The van der Waals surface area contributed by atoms with Gasteiger partial charge in [0.05, 0.1) is 18.0 Å². The molecule has 80 valence electrons. The molecule has 2 N–H and O–H groups in total. The molecule has 1 atom stereocenters. The number of nitrogens with zero attached hydrogens (tertiary/aromatic N) is 2. The summed E-state index contributed by atoms with van der Waals surface area (Å²) in [6, 6.07) is 3.35. The Morgan fingerprint density at radius 1 is 1.67 bits per heavy atom. The quantitative estimate of drug-likeness (QED) is 0.711. The predicted octanol–water partition coefficient (Wildman–Crippen LogP) is 0.680. The van der Waals surface area contributed by atoms with Crippen LogP contribution in [0.3, 0.4) is 0 Å². The average Bonchev–Trinajstić information content (AvgIpc) is 2.66. The molecule has 2 rings (SSSR count). The fourth-order valence-electron chi connectivity index (χ4n) is 1.57.